The third-order valence-corrected chi connectivity index (χ3v) is 6.84. The highest BCUT2D eigenvalue weighted by atomic mass is 16.5. The van der Waals surface area contributed by atoms with E-state index in [9.17, 15) is 9.59 Å². The lowest BCUT2D eigenvalue weighted by molar-refractivity contribution is -0.146. The second kappa shape index (κ2) is 7.50. The molecule has 2 aliphatic heterocycles. The lowest BCUT2D eigenvalue weighted by atomic mass is 9.82. The van der Waals surface area contributed by atoms with Crippen molar-refractivity contribution in [2.75, 3.05) is 27.2 Å². The molecular weight excluding hydrogens is 356 g/mol. The van der Waals surface area contributed by atoms with Crippen LogP contribution in [0.4, 0.5) is 0 Å². The number of carbonyl (C=O) groups is 2. The fourth-order valence-electron chi connectivity index (χ4n) is 5.00. The Kier molecular flexibility index (Phi) is 5.21. The SMILES string of the molecule is CN(C)C(=O)c1nn(C)c2c1COC1(CCN(C(=O)C3CCCCC3)CC1)C2. The summed E-state index contributed by atoms with van der Waals surface area (Å²) in [4.78, 5) is 28.9. The van der Waals surface area contributed by atoms with Gasteiger partial charge < -0.3 is 14.5 Å². The summed E-state index contributed by atoms with van der Waals surface area (Å²) in [5.41, 5.74) is 2.29. The van der Waals surface area contributed by atoms with Gasteiger partial charge in [0.15, 0.2) is 5.69 Å². The van der Waals surface area contributed by atoms with Crippen LogP contribution in [0.1, 0.15) is 66.7 Å². The molecular formula is C21H32N4O3. The predicted molar refractivity (Wildman–Crippen MR) is 105 cm³/mol. The monoisotopic (exact) mass is 388 g/mol. The molecule has 3 heterocycles. The fraction of sp³-hybridized carbons (Fsp3) is 0.762. The van der Waals surface area contributed by atoms with Crippen LogP contribution in [-0.4, -0.2) is 64.2 Å². The third kappa shape index (κ3) is 3.45. The number of aromatic nitrogens is 2. The van der Waals surface area contributed by atoms with Crippen LogP contribution in [0.2, 0.25) is 0 Å². The van der Waals surface area contributed by atoms with Crippen LogP contribution < -0.4 is 0 Å². The lowest BCUT2D eigenvalue weighted by Crippen LogP contribution is -2.52. The molecule has 4 rings (SSSR count). The van der Waals surface area contributed by atoms with Crippen LogP contribution in [0, 0.1) is 5.92 Å². The normalized spacial score (nSPS) is 22.2. The van der Waals surface area contributed by atoms with E-state index in [1.807, 2.05) is 11.7 Å². The fourth-order valence-corrected chi connectivity index (χ4v) is 5.00. The van der Waals surface area contributed by atoms with E-state index in [0.29, 0.717) is 18.2 Å². The first-order chi connectivity index (χ1) is 13.4. The van der Waals surface area contributed by atoms with Crippen LogP contribution in [0.25, 0.3) is 0 Å². The Balaban J connectivity index is 1.44. The number of hydrogen-bond donors (Lipinski definition) is 0. The zero-order valence-electron chi connectivity index (χ0n) is 17.4. The summed E-state index contributed by atoms with van der Waals surface area (Å²) in [5.74, 6) is 0.508. The first kappa shape index (κ1) is 19.4. The third-order valence-electron chi connectivity index (χ3n) is 6.84. The van der Waals surface area contributed by atoms with Gasteiger partial charge in [0.25, 0.3) is 5.91 Å². The second-order valence-corrected chi connectivity index (χ2v) is 8.91. The lowest BCUT2D eigenvalue weighted by Gasteiger charge is -2.44. The average Bonchev–Trinajstić information content (AvgIpc) is 3.03. The van der Waals surface area contributed by atoms with Crippen molar-refractivity contribution < 1.29 is 14.3 Å². The predicted octanol–water partition coefficient (Wildman–Crippen LogP) is 2.14. The first-order valence-electron chi connectivity index (χ1n) is 10.6. The number of fused-ring (bicyclic) bond motifs is 1. The van der Waals surface area contributed by atoms with Crippen LogP contribution in [0.15, 0.2) is 0 Å². The number of likely N-dealkylation sites (tertiary alicyclic amines) is 1. The molecule has 0 radical (unpaired) electrons. The highest BCUT2D eigenvalue weighted by Gasteiger charge is 2.43. The Morgan fingerprint density at radius 1 is 1.14 bits per heavy atom. The molecule has 28 heavy (non-hydrogen) atoms. The van der Waals surface area contributed by atoms with Gasteiger partial charge in [-0.1, -0.05) is 19.3 Å². The van der Waals surface area contributed by atoms with Gasteiger partial charge >= 0.3 is 0 Å². The van der Waals surface area contributed by atoms with E-state index in [1.165, 1.54) is 19.3 Å². The minimum Gasteiger partial charge on any atom is -0.370 e. The van der Waals surface area contributed by atoms with Gasteiger partial charge in [0.05, 0.1) is 12.2 Å². The summed E-state index contributed by atoms with van der Waals surface area (Å²) in [5, 5.41) is 4.48. The number of hydrogen-bond acceptors (Lipinski definition) is 4. The first-order valence-corrected chi connectivity index (χ1v) is 10.6. The van der Waals surface area contributed by atoms with Crippen molar-refractivity contribution in [3.63, 3.8) is 0 Å². The number of ether oxygens (including phenoxy) is 1. The smallest absolute Gasteiger partial charge is 0.274 e. The second-order valence-electron chi connectivity index (χ2n) is 8.91. The van der Waals surface area contributed by atoms with Crippen molar-refractivity contribution >= 4 is 11.8 Å². The number of aryl methyl sites for hydroxylation is 1. The number of piperidine rings is 1. The molecule has 1 aromatic heterocycles. The molecule has 0 bridgehead atoms. The Labute approximate surface area is 167 Å². The molecule has 0 atom stereocenters. The molecule has 7 nitrogen and oxygen atoms in total. The highest BCUT2D eigenvalue weighted by molar-refractivity contribution is 5.93. The summed E-state index contributed by atoms with van der Waals surface area (Å²) in [6, 6.07) is 0. The van der Waals surface area contributed by atoms with Crippen LogP contribution in [0.5, 0.6) is 0 Å². The standard InChI is InChI=1S/C21H32N4O3/c1-23(2)20(27)18-16-14-28-21(13-17(16)24(3)22-18)9-11-25(12-10-21)19(26)15-7-5-4-6-8-15/h15H,4-14H2,1-3H3. The highest BCUT2D eigenvalue weighted by Crippen LogP contribution is 2.38. The minimum absolute atomic E-state index is 0.0794. The van der Waals surface area contributed by atoms with Gasteiger partial charge in [-0.25, -0.2) is 0 Å². The van der Waals surface area contributed by atoms with Crippen molar-refractivity contribution in [3.8, 4) is 0 Å². The molecule has 0 N–H and O–H groups in total. The Bertz CT molecular complexity index is 756. The van der Waals surface area contributed by atoms with Gasteiger partial charge in [-0.05, 0) is 25.7 Å². The molecule has 1 saturated carbocycles. The van der Waals surface area contributed by atoms with E-state index in [4.69, 9.17) is 4.74 Å². The Morgan fingerprint density at radius 2 is 1.82 bits per heavy atom. The van der Waals surface area contributed by atoms with Crippen molar-refractivity contribution in [2.45, 2.75) is 63.6 Å². The molecule has 1 spiro atoms. The molecule has 2 amide bonds. The number of rotatable bonds is 2. The number of amides is 2. The van der Waals surface area contributed by atoms with Crippen LogP contribution in [-0.2, 0) is 29.6 Å². The molecule has 1 saturated heterocycles. The largest absolute Gasteiger partial charge is 0.370 e. The molecule has 1 aliphatic carbocycles. The van der Waals surface area contributed by atoms with Gasteiger partial charge in [-0.2, -0.15) is 5.10 Å². The number of nitrogens with zero attached hydrogens (tertiary/aromatic N) is 4. The van der Waals surface area contributed by atoms with E-state index < -0.39 is 0 Å². The molecule has 3 aliphatic rings. The summed E-state index contributed by atoms with van der Waals surface area (Å²) in [6.07, 6.45) is 8.23. The zero-order chi connectivity index (χ0) is 19.9. The van der Waals surface area contributed by atoms with Gasteiger partial charge in [0.2, 0.25) is 5.91 Å². The van der Waals surface area contributed by atoms with E-state index in [2.05, 4.69) is 10.00 Å². The average molecular weight is 389 g/mol. The molecule has 7 heteroatoms. The van der Waals surface area contributed by atoms with Crippen LogP contribution >= 0.6 is 0 Å². The molecule has 154 valence electrons. The Morgan fingerprint density at radius 3 is 2.46 bits per heavy atom. The van der Waals surface area contributed by atoms with Crippen molar-refractivity contribution in [3.05, 3.63) is 17.0 Å². The molecule has 1 aromatic rings. The number of carbonyl (C=O) groups excluding carboxylic acids is 2. The zero-order valence-corrected chi connectivity index (χ0v) is 17.4. The van der Waals surface area contributed by atoms with Gasteiger partial charge in [-0.3, -0.25) is 14.3 Å². The Hall–Kier alpha value is -1.89. The van der Waals surface area contributed by atoms with E-state index in [-0.39, 0.29) is 17.4 Å². The topological polar surface area (TPSA) is 67.7 Å². The summed E-state index contributed by atoms with van der Waals surface area (Å²) < 4.78 is 8.17. The van der Waals surface area contributed by atoms with E-state index >= 15 is 0 Å². The van der Waals surface area contributed by atoms with Crippen molar-refractivity contribution in [2.24, 2.45) is 13.0 Å². The maximum atomic E-state index is 12.8. The van der Waals surface area contributed by atoms with Crippen molar-refractivity contribution in [1.82, 2.24) is 19.6 Å². The van der Waals surface area contributed by atoms with Crippen LogP contribution in [0.3, 0.4) is 0 Å². The maximum absolute atomic E-state index is 12.8. The quantitative estimate of drug-likeness (QED) is 0.778. The van der Waals surface area contributed by atoms with E-state index in [0.717, 1.165) is 56.5 Å². The molecule has 2 fully saturated rings. The summed E-state index contributed by atoms with van der Waals surface area (Å²) >= 11 is 0. The van der Waals surface area contributed by atoms with E-state index in [1.54, 1.807) is 19.0 Å². The van der Waals surface area contributed by atoms with Gasteiger partial charge in [0.1, 0.15) is 0 Å². The van der Waals surface area contributed by atoms with Gasteiger partial charge in [0, 0.05) is 57.8 Å². The van der Waals surface area contributed by atoms with Crippen molar-refractivity contribution in [1.29, 1.82) is 0 Å². The summed E-state index contributed by atoms with van der Waals surface area (Å²) in [7, 11) is 5.40. The summed E-state index contributed by atoms with van der Waals surface area (Å²) in [6.45, 7) is 1.96. The molecule has 0 unspecified atom stereocenters. The van der Waals surface area contributed by atoms with Gasteiger partial charge in [-0.15, -0.1) is 0 Å². The maximum Gasteiger partial charge on any atom is 0.274 e. The molecule has 0 aromatic carbocycles. The minimum atomic E-state index is -0.234.